The zero-order valence-corrected chi connectivity index (χ0v) is 11.2. The van der Waals surface area contributed by atoms with Crippen molar-refractivity contribution in [3.8, 4) is 16.9 Å². The van der Waals surface area contributed by atoms with Crippen molar-refractivity contribution in [3.63, 3.8) is 0 Å². The van der Waals surface area contributed by atoms with E-state index < -0.39 is 0 Å². The first kappa shape index (κ1) is 12.1. The van der Waals surface area contributed by atoms with E-state index in [1.54, 1.807) is 0 Å². The molecule has 0 aliphatic rings. The average Bonchev–Trinajstić information content (AvgIpc) is 2.40. The van der Waals surface area contributed by atoms with Gasteiger partial charge in [-0.25, -0.2) is 0 Å². The molecule has 1 unspecified atom stereocenters. The molecule has 0 aromatic heterocycles. The van der Waals surface area contributed by atoms with Gasteiger partial charge < -0.3 is 4.52 Å². The molecule has 0 amide bonds. The summed E-state index contributed by atoms with van der Waals surface area (Å²) in [6.45, 7) is 2.20. The predicted molar refractivity (Wildman–Crippen MR) is 76.2 cm³/mol. The van der Waals surface area contributed by atoms with Gasteiger partial charge in [-0.2, -0.15) is 0 Å². The van der Waals surface area contributed by atoms with Gasteiger partial charge in [0, 0.05) is 0 Å². The Kier molecular flexibility index (Phi) is 4.17. The van der Waals surface area contributed by atoms with Crippen LogP contribution in [-0.2, 0) is 6.42 Å². The lowest BCUT2D eigenvalue weighted by atomic mass is 10.0. The van der Waals surface area contributed by atoms with Crippen LogP contribution in [0.2, 0.25) is 0 Å². The molecule has 1 atom stereocenters. The summed E-state index contributed by atoms with van der Waals surface area (Å²) in [6, 6.07) is 16.9. The summed E-state index contributed by atoms with van der Waals surface area (Å²) in [5.74, 6) is 0.862. The van der Waals surface area contributed by atoms with Crippen LogP contribution in [0.1, 0.15) is 18.9 Å². The maximum absolute atomic E-state index is 5.07. The second kappa shape index (κ2) is 5.84. The molecule has 0 saturated carbocycles. The summed E-state index contributed by atoms with van der Waals surface area (Å²) in [5, 5.41) is 0. The number of hydrogen-bond donors (Lipinski definition) is 0. The Morgan fingerprint density at radius 3 is 1.88 bits per heavy atom. The second-order valence-electron chi connectivity index (χ2n) is 4.09. The number of rotatable bonds is 4. The van der Waals surface area contributed by atoms with Crippen molar-refractivity contribution >= 4 is 9.47 Å². The van der Waals surface area contributed by atoms with Crippen molar-refractivity contribution in [3.05, 3.63) is 54.1 Å². The Morgan fingerprint density at radius 2 is 1.41 bits per heavy atom. The summed E-state index contributed by atoms with van der Waals surface area (Å²) in [7, 11) is 2.26. The number of benzene rings is 2. The molecule has 2 heteroatoms. The highest BCUT2D eigenvalue weighted by atomic mass is 31.0. The molecule has 2 aromatic rings. The minimum absolute atomic E-state index is 0.862. The molecule has 0 aliphatic heterocycles. The molecule has 17 heavy (non-hydrogen) atoms. The maximum Gasteiger partial charge on any atom is 0.122 e. The molecule has 1 nitrogen and oxygen atoms in total. The molecular weight excluding hydrogens is 227 g/mol. The SMILES string of the molecule is CCCc1ccc(-c2ccc(OP)cc2)cc1. The molecule has 2 aromatic carbocycles. The largest absolute Gasteiger partial charge is 0.480 e. The molecule has 0 radical (unpaired) electrons. The highest BCUT2D eigenvalue weighted by Crippen LogP contribution is 2.23. The maximum atomic E-state index is 5.07. The van der Waals surface area contributed by atoms with E-state index in [0.717, 1.165) is 12.2 Å². The van der Waals surface area contributed by atoms with Crippen LogP contribution in [0.25, 0.3) is 11.1 Å². The predicted octanol–water partition coefficient (Wildman–Crippen LogP) is 4.48. The fourth-order valence-corrected chi connectivity index (χ4v) is 2.04. The third kappa shape index (κ3) is 3.08. The van der Waals surface area contributed by atoms with E-state index in [4.69, 9.17) is 4.52 Å². The molecule has 0 aliphatic carbocycles. The van der Waals surface area contributed by atoms with Gasteiger partial charge in [-0.3, -0.25) is 0 Å². The van der Waals surface area contributed by atoms with Crippen LogP contribution in [0.15, 0.2) is 48.5 Å². The molecule has 88 valence electrons. The highest BCUT2D eigenvalue weighted by molar-refractivity contribution is 7.10. The zero-order valence-electron chi connectivity index (χ0n) is 10.0. The van der Waals surface area contributed by atoms with Gasteiger partial charge in [0.1, 0.15) is 5.75 Å². The Hall–Kier alpha value is -1.33. The first-order valence-electron chi connectivity index (χ1n) is 5.89. The van der Waals surface area contributed by atoms with E-state index >= 15 is 0 Å². The van der Waals surface area contributed by atoms with Crippen molar-refractivity contribution in [2.45, 2.75) is 19.8 Å². The fourth-order valence-electron chi connectivity index (χ4n) is 1.88. The van der Waals surface area contributed by atoms with Gasteiger partial charge in [-0.05, 0) is 35.2 Å². The van der Waals surface area contributed by atoms with Gasteiger partial charge in [0.05, 0.1) is 9.47 Å². The van der Waals surface area contributed by atoms with Gasteiger partial charge in [0.2, 0.25) is 0 Å². The van der Waals surface area contributed by atoms with Gasteiger partial charge >= 0.3 is 0 Å². The average molecular weight is 244 g/mol. The third-order valence-electron chi connectivity index (χ3n) is 2.82. The van der Waals surface area contributed by atoms with Gasteiger partial charge in [0.15, 0.2) is 0 Å². The summed E-state index contributed by atoms with van der Waals surface area (Å²) in [6.07, 6.45) is 2.35. The van der Waals surface area contributed by atoms with Gasteiger partial charge in [-0.15, -0.1) is 0 Å². The molecule has 0 bridgehead atoms. The minimum atomic E-state index is 0.862. The van der Waals surface area contributed by atoms with Crippen molar-refractivity contribution in [2.24, 2.45) is 0 Å². The van der Waals surface area contributed by atoms with Crippen molar-refractivity contribution < 1.29 is 4.52 Å². The number of hydrogen-bond acceptors (Lipinski definition) is 1. The first-order valence-corrected chi connectivity index (χ1v) is 6.36. The third-order valence-corrected chi connectivity index (χ3v) is 3.09. The second-order valence-corrected chi connectivity index (χ2v) is 4.32. The summed E-state index contributed by atoms with van der Waals surface area (Å²) in [4.78, 5) is 0. The van der Waals surface area contributed by atoms with Crippen molar-refractivity contribution in [1.29, 1.82) is 0 Å². The quantitative estimate of drug-likeness (QED) is 0.721. The molecule has 0 fully saturated rings. The van der Waals surface area contributed by atoms with E-state index in [-0.39, 0.29) is 0 Å². The monoisotopic (exact) mass is 244 g/mol. The Morgan fingerprint density at radius 1 is 0.882 bits per heavy atom. The molecule has 0 spiro atoms. The Labute approximate surface area is 105 Å². The van der Waals surface area contributed by atoms with E-state index in [9.17, 15) is 0 Å². The fraction of sp³-hybridized carbons (Fsp3) is 0.200. The van der Waals surface area contributed by atoms with Crippen LogP contribution in [-0.4, -0.2) is 0 Å². The molecule has 0 N–H and O–H groups in total. The molecule has 2 rings (SSSR count). The summed E-state index contributed by atoms with van der Waals surface area (Å²) in [5.41, 5.74) is 3.88. The van der Waals surface area contributed by atoms with E-state index in [2.05, 4.69) is 52.8 Å². The highest BCUT2D eigenvalue weighted by Gasteiger charge is 1.98. The lowest BCUT2D eigenvalue weighted by Gasteiger charge is -2.05. The van der Waals surface area contributed by atoms with Crippen LogP contribution in [0.4, 0.5) is 0 Å². The topological polar surface area (TPSA) is 9.23 Å². The zero-order chi connectivity index (χ0) is 12.1. The number of aryl methyl sites for hydroxylation is 1. The van der Waals surface area contributed by atoms with E-state index in [1.165, 1.54) is 23.1 Å². The Balaban J connectivity index is 2.20. The van der Waals surface area contributed by atoms with E-state index in [0.29, 0.717) is 0 Å². The van der Waals surface area contributed by atoms with E-state index in [1.807, 2.05) is 12.1 Å². The smallest absolute Gasteiger partial charge is 0.122 e. The van der Waals surface area contributed by atoms with Crippen LogP contribution in [0.3, 0.4) is 0 Å². The lowest BCUT2D eigenvalue weighted by molar-refractivity contribution is 0.646. The van der Waals surface area contributed by atoms with Gasteiger partial charge in [-0.1, -0.05) is 49.7 Å². The summed E-state index contributed by atoms with van der Waals surface area (Å²) >= 11 is 0. The van der Waals surface area contributed by atoms with Crippen molar-refractivity contribution in [1.82, 2.24) is 0 Å². The molecule has 0 heterocycles. The van der Waals surface area contributed by atoms with Crippen LogP contribution in [0, 0.1) is 0 Å². The van der Waals surface area contributed by atoms with Crippen molar-refractivity contribution in [2.75, 3.05) is 0 Å². The molecular formula is C15H17OP. The molecule has 0 saturated heterocycles. The Bertz CT molecular complexity index is 459. The summed E-state index contributed by atoms with van der Waals surface area (Å²) < 4.78 is 5.07. The van der Waals surface area contributed by atoms with Crippen LogP contribution in [0.5, 0.6) is 5.75 Å². The lowest BCUT2D eigenvalue weighted by Crippen LogP contribution is -1.83. The van der Waals surface area contributed by atoms with Gasteiger partial charge in [0.25, 0.3) is 0 Å². The van der Waals surface area contributed by atoms with Crippen LogP contribution < -0.4 is 4.52 Å². The minimum Gasteiger partial charge on any atom is -0.480 e. The van der Waals surface area contributed by atoms with Crippen LogP contribution >= 0.6 is 9.47 Å². The normalized spacial score (nSPS) is 10.2. The standard InChI is InChI=1S/C15H17OP/c1-2-3-12-4-6-13(7-5-12)14-8-10-15(16-17)11-9-14/h4-11H,2-3,17H2,1H3. The first-order chi connectivity index (χ1) is 8.33.